The highest BCUT2D eigenvalue weighted by Gasteiger charge is 2.32. The van der Waals surface area contributed by atoms with E-state index in [1.165, 1.54) is 0 Å². The topological polar surface area (TPSA) is 38.0 Å². The second kappa shape index (κ2) is 4.55. The SMILES string of the molecule is Cn1ncc(Br)c1C(C)(O)c1ccccc1Br. The molecular weight excluding hydrogens is 348 g/mol. The number of hydrogen-bond acceptors (Lipinski definition) is 2. The Morgan fingerprint density at radius 3 is 2.41 bits per heavy atom. The molecular formula is C12H12Br2N2O. The molecule has 3 nitrogen and oxygen atoms in total. The summed E-state index contributed by atoms with van der Waals surface area (Å²) in [6.07, 6.45) is 1.68. The summed E-state index contributed by atoms with van der Waals surface area (Å²) < 4.78 is 3.34. The van der Waals surface area contributed by atoms with Crippen LogP contribution in [-0.4, -0.2) is 14.9 Å². The minimum atomic E-state index is -1.11. The smallest absolute Gasteiger partial charge is 0.131 e. The molecule has 17 heavy (non-hydrogen) atoms. The molecule has 1 unspecified atom stereocenters. The summed E-state index contributed by atoms with van der Waals surface area (Å²) in [4.78, 5) is 0. The summed E-state index contributed by atoms with van der Waals surface area (Å²) in [5.41, 5.74) is 0.429. The lowest BCUT2D eigenvalue weighted by atomic mass is 9.92. The van der Waals surface area contributed by atoms with Crippen LogP contribution in [0.4, 0.5) is 0 Å². The normalized spacial score (nSPS) is 14.6. The van der Waals surface area contributed by atoms with Gasteiger partial charge in [0.25, 0.3) is 0 Å². The van der Waals surface area contributed by atoms with Crippen molar-refractivity contribution in [2.24, 2.45) is 7.05 Å². The van der Waals surface area contributed by atoms with E-state index in [9.17, 15) is 5.11 Å². The molecule has 5 heteroatoms. The minimum Gasteiger partial charge on any atom is -0.379 e. The summed E-state index contributed by atoms with van der Waals surface area (Å²) in [5.74, 6) is 0. The number of aromatic nitrogens is 2. The highest BCUT2D eigenvalue weighted by molar-refractivity contribution is 9.10. The van der Waals surface area contributed by atoms with Gasteiger partial charge in [0.05, 0.1) is 16.4 Å². The largest absolute Gasteiger partial charge is 0.379 e. The third kappa shape index (κ3) is 2.19. The van der Waals surface area contributed by atoms with Gasteiger partial charge in [0.15, 0.2) is 0 Å². The zero-order chi connectivity index (χ0) is 12.6. The average Bonchev–Trinajstić information content (AvgIpc) is 2.59. The van der Waals surface area contributed by atoms with Crippen LogP contribution in [0.5, 0.6) is 0 Å². The number of aliphatic hydroxyl groups is 1. The van der Waals surface area contributed by atoms with Crippen LogP contribution in [-0.2, 0) is 12.6 Å². The first kappa shape index (κ1) is 12.8. The van der Waals surface area contributed by atoms with E-state index in [-0.39, 0.29) is 0 Å². The van der Waals surface area contributed by atoms with Crippen LogP contribution in [0.3, 0.4) is 0 Å². The molecule has 90 valence electrons. The molecule has 0 amide bonds. The molecule has 2 aromatic rings. The Balaban J connectivity index is 2.62. The highest BCUT2D eigenvalue weighted by atomic mass is 79.9. The quantitative estimate of drug-likeness (QED) is 0.894. The van der Waals surface area contributed by atoms with E-state index in [4.69, 9.17) is 0 Å². The zero-order valence-electron chi connectivity index (χ0n) is 9.48. The first-order valence-electron chi connectivity index (χ1n) is 5.10. The molecule has 0 spiro atoms. The summed E-state index contributed by atoms with van der Waals surface area (Å²) in [6, 6.07) is 7.62. The van der Waals surface area contributed by atoms with Gasteiger partial charge in [-0.05, 0) is 28.9 Å². The van der Waals surface area contributed by atoms with Crippen LogP contribution in [0.2, 0.25) is 0 Å². The molecule has 2 rings (SSSR count). The first-order chi connectivity index (χ1) is 7.94. The van der Waals surface area contributed by atoms with Gasteiger partial charge in [-0.15, -0.1) is 0 Å². The number of halogens is 2. The van der Waals surface area contributed by atoms with Crippen molar-refractivity contribution in [3.63, 3.8) is 0 Å². The molecule has 0 aliphatic rings. The first-order valence-corrected chi connectivity index (χ1v) is 6.68. The number of rotatable bonds is 2. The van der Waals surface area contributed by atoms with E-state index in [2.05, 4.69) is 37.0 Å². The van der Waals surface area contributed by atoms with E-state index >= 15 is 0 Å². The Bertz CT molecular complexity index is 530. The van der Waals surface area contributed by atoms with Gasteiger partial charge in [0, 0.05) is 17.1 Å². The second-order valence-corrected chi connectivity index (χ2v) is 5.73. The van der Waals surface area contributed by atoms with E-state index in [1.54, 1.807) is 17.8 Å². The maximum Gasteiger partial charge on any atom is 0.131 e. The van der Waals surface area contributed by atoms with Crippen LogP contribution in [0.15, 0.2) is 39.4 Å². The number of benzene rings is 1. The monoisotopic (exact) mass is 358 g/mol. The molecule has 1 aromatic carbocycles. The average molecular weight is 360 g/mol. The Labute approximate surface area is 117 Å². The summed E-state index contributed by atoms with van der Waals surface area (Å²) in [5, 5.41) is 14.9. The van der Waals surface area contributed by atoms with Crippen LogP contribution in [0.25, 0.3) is 0 Å². The van der Waals surface area contributed by atoms with Crippen molar-refractivity contribution in [2.45, 2.75) is 12.5 Å². The van der Waals surface area contributed by atoms with Crippen LogP contribution >= 0.6 is 31.9 Å². The molecule has 0 bridgehead atoms. The van der Waals surface area contributed by atoms with Crippen molar-refractivity contribution in [1.29, 1.82) is 0 Å². The lowest BCUT2D eigenvalue weighted by molar-refractivity contribution is 0.0913. The second-order valence-electron chi connectivity index (χ2n) is 4.02. The molecule has 0 radical (unpaired) electrons. The molecule has 1 aromatic heterocycles. The molecule has 0 saturated heterocycles. The molecule has 1 atom stereocenters. The van der Waals surface area contributed by atoms with Gasteiger partial charge in [-0.2, -0.15) is 5.10 Å². The van der Waals surface area contributed by atoms with Crippen molar-refractivity contribution in [3.05, 3.63) is 50.7 Å². The van der Waals surface area contributed by atoms with Crippen molar-refractivity contribution in [1.82, 2.24) is 9.78 Å². The number of aryl methyl sites for hydroxylation is 1. The van der Waals surface area contributed by atoms with Crippen LogP contribution in [0.1, 0.15) is 18.2 Å². The van der Waals surface area contributed by atoms with Gasteiger partial charge in [-0.1, -0.05) is 34.1 Å². The van der Waals surface area contributed by atoms with E-state index in [0.29, 0.717) is 0 Å². The molecule has 1 N–H and O–H groups in total. The summed E-state index contributed by atoms with van der Waals surface area (Å²) in [7, 11) is 1.81. The standard InChI is InChI=1S/C12H12Br2N2O/c1-12(17,8-5-3-4-6-9(8)13)11-10(14)7-15-16(11)2/h3-7,17H,1-2H3. The fraction of sp³-hybridized carbons (Fsp3) is 0.250. The van der Waals surface area contributed by atoms with E-state index in [0.717, 1.165) is 20.2 Å². The number of hydrogen-bond donors (Lipinski definition) is 1. The van der Waals surface area contributed by atoms with Crippen LogP contribution in [0, 0.1) is 0 Å². The van der Waals surface area contributed by atoms with Crippen molar-refractivity contribution < 1.29 is 5.11 Å². The Morgan fingerprint density at radius 1 is 1.24 bits per heavy atom. The number of nitrogens with zero attached hydrogens (tertiary/aromatic N) is 2. The highest BCUT2D eigenvalue weighted by Crippen LogP contribution is 2.36. The van der Waals surface area contributed by atoms with Crippen LogP contribution < -0.4 is 0 Å². The predicted molar refractivity (Wildman–Crippen MR) is 73.7 cm³/mol. The molecule has 0 aliphatic carbocycles. The Hall–Kier alpha value is -0.650. The third-order valence-electron chi connectivity index (χ3n) is 2.75. The van der Waals surface area contributed by atoms with Gasteiger partial charge in [0.1, 0.15) is 5.60 Å². The lowest BCUT2D eigenvalue weighted by Gasteiger charge is -2.25. The van der Waals surface area contributed by atoms with Crippen molar-refractivity contribution >= 4 is 31.9 Å². The maximum absolute atomic E-state index is 10.8. The fourth-order valence-corrected chi connectivity index (χ4v) is 3.35. The van der Waals surface area contributed by atoms with Gasteiger partial charge < -0.3 is 5.11 Å². The lowest BCUT2D eigenvalue weighted by Crippen LogP contribution is -2.27. The van der Waals surface area contributed by atoms with Gasteiger partial charge >= 0.3 is 0 Å². The van der Waals surface area contributed by atoms with Gasteiger partial charge in [0.2, 0.25) is 0 Å². The zero-order valence-corrected chi connectivity index (χ0v) is 12.7. The van der Waals surface area contributed by atoms with E-state index < -0.39 is 5.60 Å². The summed E-state index contributed by atoms with van der Waals surface area (Å²) in [6.45, 7) is 1.76. The molecule has 0 aliphatic heterocycles. The Morgan fingerprint density at radius 2 is 1.88 bits per heavy atom. The fourth-order valence-electron chi connectivity index (χ4n) is 1.94. The minimum absolute atomic E-state index is 0.726. The predicted octanol–water partition coefficient (Wildman–Crippen LogP) is 3.20. The molecule has 0 fully saturated rings. The molecule has 0 saturated carbocycles. The van der Waals surface area contributed by atoms with Gasteiger partial charge in [-0.3, -0.25) is 4.68 Å². The third-order valence-corrected chi connectivity index (χ3v) is 4.03. The molecule has 1 heterocycles. The summed E-state index contributed by atoms with van der Waals surface area (Å²) >= 11 is 6.88. The van der Waals surface area contributed by atoms with Gasteiger partial charge in [-0.25, -0.2) is 0 Å². The van der Waals surface area contributed by atoms with Crippen molar-refractivity contribution in [3.8, 4) is 0 Å². The maximum atomic E-state index is 10.8. The van der Waals surface area contributed by atoms with Crippen molar-refractivity contribution in [2.75, 3.05) is 0 Å². The Kier molecular flexibility index (Phi) is 3.43. The van der Waals surface area contributed by atoms with E-state index in [1.807, 2.05) is 31.3 Å².